The fourth-order valence-electron chi connectivity index (χ4n) is 2.95. The molecule has 0 amide bonds. The molecule has 1 fully saturated rings. The van der Waals surface area contributed by atoms with E-state index in [9.17, 15) is 13.2 Å². The first kappa shape index (κ1) is 18.5. The van der Waals surface area contributed by atoms with E-state index in [4.69, 9.17) is 9.26 Å². The highest BCUT2D eigenvalue weighted by Crippen LogP contribution is 2.27. The minimum atomic E-state index is -3.65. The molecule has 0 saturated carbocycles. The molecular weight excluding hydrogens is 358 g/mol. The van der Waals surface area contributed by atoms with Crippen molar-refractivity contribution in [2.24, 2.45) is 5.92 Å². The molecule has 2 aromatic rings. The monoisotopic (exact) mass is 379 g/mol. The number of carbonyl (C=O) groups excluding carboxylic acids is 1. The number of rotatable bonds is 5. The molecule has 1 aliphatic rings. The van der Waals surface area contributed by atoms with Crippen molar-refractivity contribution in [2.75, 3.05) is 19.7 Å². The van der Waals surface area contributed by atoms with Gasteiger partial charge in [0.1, 0.15) is 0 Å². The van der Waals surface area contributed by atoms with Gasteiger partial charge in [-0.2, -0.15) is 9.29 Å². The molecule has 1 aromatic heterocycles. The molecule has 3 rings (SSSR count). The third-order valence-corrected chi connectivity index (χ3v) is 6.23. The molecule has 0 bridgehead atoms. The predicted octanol–water partition coefficient (Wildman–Crippen LogP) is 2.01. The first-order valence-corrected chi connectivity index (χ1v) is 9.93. The second kappa shape index (κ2) is 7.55. The van der Waals surface area contributed by atoms with E-state index in [1.807, 2.05) is 0 Å². The maximum absolute atomic E-state index is 12.9. The van der Waals surface area contributed by atoms with E-state index in [1.54, 1.807) is 32.0 Å². The van der Waals surface area contributed by atoms with Gasteiger partial charge in [0.15, 0.2) is 0 Å². The van der Waals surface area contributed by atoms with Crippen molar-refractivity contribution in [3.05, 3.63) is 30.2 Å². The summed E-state index contributed by atoms with van der Waals surface area (Å²) in [6, 6.07) is 6.47. The number of hydrogen-bond acceptors (Lipinski definition) is 7. The van der Waals surface area contributed by atoms with Crippen LogP contribution in [0.25, 0.3) is 11.4 Å². The van der Waals surface area contributed by atoms with Gasteiger partial charge in [0.2, 0.25) is 21.7 Å². The fourth-order valence-corrected chi connectivity index (χ4v) is 4.47. The highest BCUT2D eigenvalue weighted by atomic mass is 32.2. The number of nitrogens with zero attached hydrogens (tertiary/aromatic N) is 3. The summed E-state index contributed by atoms with van der Waals surface area (Å²) >= 11 is 0. The van der Waals surface area contributed by atoms with Crippen molar-refractivity contribution in [3.63, 3.8) is 0 Å². The molecule has 0 unspecified atom stereocenters. The maximum atomic E-state index is 12.9. The molecule has 1 aliphatic heterocycles. The van der Waals surface area contributed by atoms with Gasteiger partial charge < -0.3 is 9.26 Å². The van der Waals surface area contributed by atoms with Crippen LogP contribution in [0.1, 0.15) is 25.7 Å². The maximum Gasteiger partial charge on any atom is 0.309 e. The number of hydrogen-bond donors (Lipinski definition) is 0. The molecule has 2 heterocycles. The molecule has 1 aromatic carbocycles. The zero-order valence-electron chi connectivity index (χ0n) is 14.7. The van der Waals surface area contributed by atoms with Crippen LogP contribution in [-0.4, -0.2) is 48.5 Å². The molecule has 0 aliphatic carbocycles. The van der Waals surface area contributed by atoms with E-state index >= 15 is 0 Å². The van der Waals surface area contributed by atoms with Crippen LogP contribution in [-0.2, 0) is 19.6 Å². The minimum Gasteiger partial charge on any atom is -0.466 e. The van der Waals surface area contributed by atoms with E-state index < -0.39 is 10.0 Å². The van der Waals surface area contributed by atoms with Crippen molar-refractivity contribution < 1.29 is 22.5 Å². The van der Waals surface area contributed by atoms with Crippen molar-refractivity contribution in [2.45, 2.75) is 31.6 Å². The van der Waals surface area contributed by atoms with E-state index in [1.165, 1.54) is 10.4 Å². The van der Waals surface area contributed by atoms with Crippen LogP contribution in [0, 0.1) is 12.8 Å². The number of piperidine rings is 1. The number of benzene rings is 1. The van der Waals surface area contributed by atoms with Crippen molar-refractivity contribution in [3.8, 4) is 11.4 Å². The van der Waals surface area contributed by atoms with E-state index in [0.717, 1.165) is 0 Å². The van der Waals surface area contributed by atoms with Crippen LogP contribution in [0.2, 0.25) is 0 Å². The Labute approximate surface area is 152 Å². The van der Waals surface area contributed by atoms with Gasteiger partial charge >= 0.3 is 5.97 Å². The Morgan fingerprint density at radius 1 is 1.35 bits per heavy atom. The lowest BCUT2D eigenvalue weighted by molar-refractivity contribution is -0.149. The van der Waals surface area contributed by atoms with Crippen LogP contribution in [0.4, 0.5) is 0 Å². The zero-order valence-corrected chi connectivity index (χ0v) is 15.5. The molecule has 8 nitrogen and oxygen atoms in total. The third kappa shape index (κ3) is 3.78. The first-order chi connectivity index (χ1) is 12.4. The average molecular weight is 379 g/mol. The van der Waals surface area contributed by atoms with Gasteiger partial charge in [0.05, 0.1) is 17.4 Å². The van der Waals surface area contributed by atoms with Gasteiger partial charge in [-0.05, 0) is 31.9 Å². The van der Waals surface area contributed by atoms with Crippen LogP contribution in [0.3, 0.4) is 0 Å². The van der Waals surface area contributed by atoms with Gasteiger partial charge in [0, 0.05) is 25.6 Å². The lowest BCUT2D eigenvalue weighted by Crippen LogP contribution is -2.40. The smallest absolute Gasteiger partial charge is 0.309 e. The normalized spacial score (nSPS) is 16.5. The average Bonchev–Trinajstić information content (AvgIpc) is 3.08. The Bertz CT molecular complexity index is 885. The third-order valence-electron chi connectivity index (χ3n) is 4.33. The summed E-state index contributed by atoms with van der Waals surface area (Å²) in [4.78, 5) is 16.1. The van der Waals surface area contributed by atoms with Crippen LogP contribution >= 0.6 is 0 Å². The summed E-state index contributed by atoms with van der Waals surface area (Å²) in [5.74, 6) is 0.268. The van der Waals surface area contributed by atoms with Crippen molar-refractivity contribution in [1.82, 2.24) is 14.4 Å². The van der Waals surface area contributed by atoms with Gasteiger partial charge in [-0.1, -0.05) is 17.3 Å². The highest BCUT2D eigenvalue weighted by molar-refractivity contribution is 7.89. The van der Waals surface area contributed by atoms with Crippen LogP contribution in [0.5, 0.6) is 0 Å². The molecule has 140 valence electrons. The Balaban J connectivity index is 1.76. The molecule has 26 heavy (non-hydrogen) atoms. The Kier molecular flexibility index (Phi) is 5.38. The number of aromatic nitrogens is 2. The number of ether oxygens (including phenoxy) is 1. The van der Waals surface area contributed by atoms with Crippen LogP contribution < -0.4 is 0 Å². The summed E-state index contributed by atoms with van der Waals surface area (Å²) in [5.41, 5.74) is 0.573. The lowest BCUT2D eigenvalue weighted by atomic mass is 9.98. The largest absolute Gasteiger partial charge is 0.466 e. The standard InChI is InChI=1S/C17H21N3O5S/c1-3-24-17(21)13-7-9-20(10-8-13)26(22,23)15-6-4-5-14(11-15)16-18-12(2)25-19-16/h4-6,11,13H,3,7-10H2,1-2H3. The second-order valence-corrected chi connectivity index (χ2v) is 8.03. The van der Waals surface area contributed by atoms with E-state index in [2.05, 4.69) is 10.1 Å². The summed E-state index contributed by atoms with van der Waals surface area (Å²) < 4.78 is 37.2. The molecule has 9 heteroatoms. The summed E-state index contributed by atoms with van der Waals surface area (Å²) in [5, 5.41) is 3.82. The van der Waals surface area contributed by atoms with Crippen molar-refractivity contribution >= 4 is 16.0 Å². The van der Waals surface area contributed by atoms with Gasteiger partial charge in [-0.25, -0.2) is 8.42 Å². The van der Waals surface area contributed by atoms with Gasteiger partial charge in [-0.3, -0.25) is 4.79 Å². The quantitative estimate of drug-likeness (QED) is 0.732. The predicted molar refractivity (Wildman–Crippen MR) is 92.6 cm³/mol. The second-order valence-electron chi connectivity index (χ2n) is 6.10. The Hall–Kier alpha value is -2.26. The van der Waals surface area contributed by atoms with E-state index in [-0.39, 0.29) is 29.9 Å². The summed E-state index contributed by atoms with van der Waals surface area (Å²) in [6.45, 7) is 4.34. The first-order valence-electron chi connectivity index (χ1n) is 8.49. The molecule has 0 N–H and O–H groups in total. The zero-order chi connectivity index (χ0) is 18.7. The molecule has 0 atom stereocenters. The molecule has 1 saturated heterocycles. The van der Waals surface area contributed by atoms with Gasteiger partial charge in [0.25, 0.3) is 0 Å². The number of sulfonamides is 1. The number of aryl methyl sites for hydroxylation is 1. The number of esters is 1. The molecular formula is C17H21N3O5S. The Morgan fingerprint density at radius 2 is 2.08 bits per heavy atom. The van der Waals surface area contributed by atoms with Crippen molar-refractivity contribution in [1.29, 1.82) is 0 Å². The van der Waals surface area contributed by atoms with E-state index in [0.29, 0.717) is 36.7 Å². The minimum absolute atomic E-state index is 0.173. The summed E-state index contributed by atoms with van der Waals surface area (Å²) in [6.07, 6.45) is 0.920. The van der Waals surface area contributed by atoms with Gasteiger partial charge in [-0.15, -0.1) is 0 Å². The fraction of sp³-hybridized carbons (Fsp3) is 0.471. The summed E-state index contributed by atoms with van der Waals surface area (Å²) in [7, 11) is -3.65. The SMILES string of the molecule is CCOC(=O)C1CCN(S(=O)(=O)c2cccc(-c3noc(C)n3)c2)CC1. The number of carbonyl (C=O) groups is 1. The Morgan fingerprint density at radius 3 is 2.69 bits per heavy atom. The lowest BCUT2D eigenvalue weighted by Gasteiger charge is -2.30. The molecule has 0 spiro atoms. The molecule has 0 radical (unpaired) electrons. The van der Waals surface area contributed by atoms with Crippen LogP contribution in [0.15, 0.2) is 33.7 Å². The topological polar surface area (TPSA) is 103 Å². The highest BCUT2D eigenvalue weighted by Gasteiger charge is 2.32.